The summed E-state index contributed by atoms with van der Waals surface area (Å²) in [7, 11) is -4.06. The summed E-state index contributed by atoms with van der Waals surface area (Å²) in [6, 6.07) is 41.2. The minimum Gasteiger partial charge on any atom is -0.458 e. The fraction of sp³-hybridized carbons (Fsp3) is 0.226. The lowest BCUT2D eigenvalue weighted by Gasteiger charge is -2.40. The molecule has 4 fully saturated rings. The molecule has 4 aromatic carbocycles. The molecule has 2 amide bonds. The van der Waals surface area contributed by atoms with Crippen molar-refractivity contribution in [2.75, 3.05) is 13.2 Å². The van der Waals surface area contributed by atoms with Crippen molar-refractivity contribution in [1.82, 2.24) is 19.8 Å². The van der Waals surface area contributed by atoms with Crippen LogP contribution in [0.4, 0.5) is 0 Å². The van der Waals surface area contributed by atoms with E-state index in [1.54, 1.807) is 23.1 Å². The van der Waals surface area contributed by atoms with Gasteiger partial charge in [-0.25, -0.2) is 27.6 Å². The molecule has 0 radical (unpaired) electrons. The van der Waals surface area contributed by atoms with Crippen LogP contribution in [0.1, 0.15) is 94.3 Å². The van der Waals surface area contributed by atoms with E-state index in [2.05, 4.69) is 23.1 Å². The Balaban J connectivity index is 0.000000194. The number of hydrogen-bond acceptors (Lipinski definition) is 15. The number of rotatable bonds is 16. The lowest BCUT2D eigenvalue weighted by molar-refractivity contribution is -0.160. The van der Waals surface area contributed by atoms with Gasteiger partial charge in [0.25, 0.3) is 11.8 Å². The third-order valence-corrected chi connectivity index (χ3v) is 18.2. The monoisotopic (exact) mass is 1110 g/mol. The van der Waals surface area contributed by atoms with Crippen LogP contribution in [0.25, 0.3) is 12.2 Å². The number of carbonyl (C=O) groups is 6. The Morgan fingerprint density at radius 1 is 0.588 bits per heavy atom. The first-order chi connectivity index (χ1) is 38.4. The molecule has 0 N–H and O–H groups in total. The van der Waals surface area contributed by atoms with Gasteiger partial charge in [-0.1, -0.05) is 147 Å². The summed E-state index contributed by atoms with van der Waals surface area (Å²) in [5.41, 5.74) is 4.77. The number of pyridine rings is 2. The lowest BCUT2D eigenvalue weighted by atomic mass is 9.94. The molecule has 2 aromatic heterocycles. The zero-order valence-electron chi connectivity index (χ0n) is 44.1. The van der Waals surface area contributed by atoms with Crippen molar-refractivity contribution >= 4 is 69.4 Å². The summed E-state index contributed by atoms with van der Waals surface area (Å²) in [5.74, 6) is -3.26. The molecule has 4 aliphatic heterocycles. The average Bonchev–Trinajstić information content (AvgIpc) is 3.91. The van der Waals surface area contributed by atoms with Crippen molar-refractivity contribution < 1.29 is 56.1 Å². The maximum absolute atomic E-state index is 13.7. The second-order valence-electron chi connectivity index (χ2n) is 20.0. The van der Waals surface area contributed by atoms with Crippen LogP contribution in [0.3, 0.4) is 0 Å². The molecule has 6 aromatic rings. The maximum Gasteiger partial charge on any atom is 0.338 e. The summed E-state index contributed by atoms with van der Waals surface area (Å²) >= 11 is 1.53. The van der Waals surface area contributed by atoms with Crippen LogP contribution in [0, 0.1) is 0 Å². The molecular formula is C62H56N4O12S2. The number of β-lactam (4-membered cyclic amide) rings is 2. The number of benzene rings is 4. The van der Waals surface area contributed by atoms with Gasteiger partial charge in [0.1, 0.15) is 29.4 Å². The first-order valence-corrected chi connectivity index (χ1v) is 27.9. The maximum atomic E-state index is 13.7. The number of fused-ring (bicyclic) bond motifs is 2. The van der Waals surface area contributed by atoms with Crippen LogP contribution >= 0.6 is 11.8 Å². The number of esters is 4. The van der Waals surface area contributed by atoms with Gasteiger partial charge in [0.15, 0.2) is 33.5 Å². The van der Waals surface area contributed by atoms with Crippen LogP contribution in [0.5, 0.6) is 0 Å². The van der Waals surface area contributed by atoms with Crippen molar-refractivity contribution in [2.24, 2.45) is 0 Å². The highest BCUT2D eigenvalue weighted by Gasteiger charge is 2.71. The fourth-order valence-electron chi connectivity index (χ4n) is 9.95. The molecule has 6 heterocycles. The topological polar surface area (TPSA) is 206 Å². The Bertz CT molecular complexity index is 3480. The Kier molecular flexibility index (Phi) is 16.3. The van der Waals surface area contributed by atoms with Crippen LogP contribution in [-0.4, -0.2) is 109 Å². The molecule has 0 saturated carbocycles. The molecule has 0 bridgehead atoms. The first kappa shape index (κ1) is 56.0. The number of hydrogen-bond donors (Lipinski definition) is 0. The van der Waals surface area contributed by atoms with E-state index in [1.807, 2.05) is 135 Å². The smallest absolute Gasteiger partial charge is 0.338 e. The Hall–Kier alpha value is -8.74. The van der Waals surface area contributed by atoms with Gasteiger partial charge in [-0.2, -0.15) is 0 Å². The van der Waals surface area contributed by atoms with Gasteiger partial charge in [-0.3, -0.25) is 19.6 Å². The zero-order chi connectivity index (χ0) is 56.9. The van der Waals surface area contributed by atoms with Crippen LogP contribution in [0.2, 0.25) is 0 Å². The summed E-state index contributed by atoms with van der Waals surface area (Å²) < 4.78 is 47.4. The quantitative estimate of drug-likeness (QED) is 0.0291. The predicted octanol–water partition coefficient (Wildman–Crippen LogP) is 9.09. The third kappa shape index (κ3) is 11.0. The molecular weight excluding hydrogens is 1060 g/mol. The highest BCUT2D eigenvalue weighted by Crippen LogP contribution is 2.54. The van der Waals surface area contributed by atoms with E-state index in [0.717, 1.165) is 16.0 Å². The third-order valence-electron chi connectivity index (χ3n) is 13.9. The number of carbonyl (C=O) groups excluding carboxylic acids is 6. The van der Waals surface area contributed by atoms with Gasteiger partial charge in [-0.05, 0) is 86.4 Å². The molecule has 0 spiro atoms. The van der Waals surface area contributed by atoms with Crippen LogP contribution in [0.15, 0.2) is 194 Å². The molecule has 408 valence electrons. The summed E-state index contributed by atoms with van der Waals surface area (Å²) in [6.45, 7) is 13.9. The molecule has 4 saturated heterocycles. The van der Waals surface area contributed by atoms with Gasteiger partial charge in [0.05, 0.1) is 33.7 Å². The van der Waals surface area contributed by atoms with E-state index in [-0.39, 0.29) is 41.3 Å². The van der Waals surface area contributed by atoms with E-state index in [9.17, 15) is 37.2 Å². The van der Waals surface area contributed by atoms with Crippen molar-refractivity contribution in [2.45, 2.75) is 72.2 Å². The second-order valence-corrected chi connectivity index (χ2v) is 24.3. The van der Waals surface area contributed by atoms with E-state index in [4.69, 9.17) is 18.9 Å². The molecule has 4 aliphatic rings. The molecule has 4 atom stereocenters. The summed E-state index contributed by atoms with van der Waals surface area (Å²) in [5, 5.41) is -1.68. The number of ether oxygens (including phenoxy) is 4. The van der Waals surface area contributed by atoms with E-state index < -0.39 is 78.8 Å². The van der Waals surface area contributed by atoms with Crippen molar-refractivity contribution in [3.63, 3.8) is 0 Å². The number of sulfone groups is 1. The number of nitrogens with zero attached hydrogens (tertiary/aromatic N) is 4. The van der Waals surface area contributed by atoms with Gasteiger partial charge < -0.3 is 28.7 Å². The molecule has 10 rings (SSSR count). The Labute approximate surface area is 467 Å². The predicted molar refractivity (Wildman–Crippen MR) is 301 cm³/mol. The molecule has 1 unspecified atom stereocenters. The highest BCUT2D eigenvalue weighted by molar-refractivity contribution is 8.02. The number of amides is 2. The van der Waals surface area contributed by atoms with Crippen molar-refractivity contribution in [3.8, 4) is 0 Å². The van der Waals surface area contributed by atoms with Gasteiger partial charge in [0, 0.05) is 17.1 Å². The van der Waals surface area contributed by atoms with Gasteiger partial charge in [0.2, 0.25) is 0 Å². The standard InChI is InChI=1S/C31H28N2O7S.C31H28N2O5S/c1-4-17-39-29(35)22-15-16-32-23(18-22)19-24-27(34)33-26(31(2,3)41(37,38)28(24)33)30(36)40-25(20-11-7-5-8-12-20)21-13-9-6-10-14-21;1-4-17-37-29(35)22-15-16-32-23(18-22)19-24-27(34)33-26(31(2,3)39-28(24)33)30(36)38-25(20-11-7-5-8-12-20)21-13-9-6-10-14-21/h4-16,18-19,25-26,28H,1,17H2,2-3H3;4-16,18-19,25-26,28H,1,17H2,2-3H3/b2*24-19-/t26-,28+;26-,28?/m00/s1. The summed E-state index contributed by atoms with van der Waals surface area (Å²) in [6.07, 6.45) is 7.37. The zero-order valence-corrected chi connectivity index (χ0v) is 45.8. The van der Waals surface area contributed by atoms with Crippen LogP contribution in [-0.2, 0) is 48.0 Å². The molecule has 18 heteroatoms. The van der Waals surface area contributed by atoms with Crippen LogP contribution < -0.4 is 0 Å². The van der Waals surface area contributed by atoms with Crippen molar-refractivity contribution in [1.29, 1.82) is 0 Å². The Morgan fingerprint density at radius 3 is 1.39 bits per heavy atom. The average molecular weight is 1110 g/mol. The highest BCUT2D eigenvalue weighted by atomic mass is 32.2. The minimum absolute atomic E-state index is 0.0211. The second kappa shape index (κ2) is 23.3. The van der Waals surface area contributed by atoms with E-state index >= 15 is 0 Å². The SMILES string of the molecule is C=CCOC(=O)c1ccnc(/C=C2/C(=O)N3C2SC(C)(C)[C@@H]3C(=O)OC(c2ccccc2)c2ccccc2)c1.C=CCOC(=O)c1ccnc(/C=C2/C(=O)N3[C@@H](C(=O)OC(c4ccccc4)c4ccccc4)C(C)(C)S(=O)(=O)[C@H]23)c1. The number of thioether (sulfide) groups is 1. The minimum atomic E-state index is -4.06. The lowest BCUT2D eigenvalue weighted by Crippen LogP contribution is -2.59. The van der Waals surface area contributed by atoms with E-state index in [0.29, 0.717) is 28.0 Å². The molecule has 80 heavy (non-hydrogen) atoms. The van der Waals surface area contributed by atoms with Crippen molar-refractivity contribution in [3.05, 3.63) is 239 Å². The van der Waals surface area contributed by atoms with Gasteiger partial charge >= 0.3 is 23.9 Å². The van der Waals surface area contributed by atoms with E-state index in [1.165, 1.54) is 68.4 Å². The Morgan fingerprint density at radius 2 is 0.975 bits per heavy atom. The molecule has 16 nitrogen and oxygen atoms in total. The largest absolute Gasteiger partial charge is 0.458 e. The summed E-state index contributed by atoms with van der Waals surface area (Å²) in [4.78, 5) is 89.7. The fourth-order valence-corrected chi connectivity index (χ4v) is 13.6. The number of aromatic nitrogens is 2. The normalized spacial score (nSPS) is 20.8. The molecule has 0 aliphatic carbocycles. The first-order valence-electron chi connectivity index (χ1n) is 25.5. The van der Waals surface area contributed by atoms with Gasteiger partial charge in [-0.15, -0.1) is 11.8 Å².